The molecule has 4 nitrogen and oxygen atoms in total. The molecule has 0 saturated heterocycles. The first-order chi connectivity index (χ1) is 12.4. The van der Waals surface area contributed by atoms with E-state index in [0.29, 0.717) is 6.61 Å². The van der Waals surface area contributed by atoms with E-state index in [1.807, 2.05) is 65.6 Å². The monoisotopic (exact) mass is 329 g/mol. The number of hydrogen-bond acceptors (Lipinski definition) is 3. The maximum Gasteiger partial charge on any atom is 0.132 e. The molecule has 0 N–H and O–H groups in total. The van der Waals surface area contributed by atoms with Crippen molar-refractivity contribution in [2.24, 2.45) is 4.99 Å². The second-order valence-electron chi connectivity index (χ2n) is 5.89. The first kappa shape index (κ1) is 15.4. The highest BCUT2D eigenvalue weighted by atomic mass is 16.5. The maximum absolute atomic E-state index is 5.86. The Morgan fingerprint density at radius 1 is 0.960 bits per heavy atom. The number of benzene rings is 2. The molecule has 0 fully saturated rings. The number of aliphatic imine (C=N–C) groups is 1. The summed E-state index contributed by atoms with van der Waals surface area (Å²) in [4.78, 5) is 4.31. The fraction of sp³-hybridized carbons (Fsp3) is 0.143. The van der Waals surface area contributed by atoms with Crippen molar-refractivity contribution >= 4 is 11.8 Å². The summed E-state index contributed by atoms with van der Waals surface area (Å²) in [5, 5.41) is 4.77. The molecule has 2 aromatic carbocycles. The van der Waals surface area contributed by atoms with Gasteiger partial charge in [-0.15, -0.1) is 0 Å². The highest BCUT2D eigenvalue weighted by molar-refractivity contribution is 5.73. The average molecular weight is 329 g/mol. The molecule has 1 aromatic heterocycles. The van der Waals surface area contributed by atoms with Crippen LogP contribution < -0.4 is 4.74 Å². The molecular formula is C21H19N3O. The third-order valence-electron chi connectivity index (χ3n) is 4.10. The number of aromatic nitrogens is 2. The van der Waals surface area contributed by atoms with Gasteiger partial charge in [-0.05, 0) is 48.7 Å². The standard InChI is InChI=1S/C21H19N3O/c1-3-9-19(10-4-1)24-21(17-8-7-13-22-15-17)14-18(23-24)16-25-20-11-5-2-6-12-20/h1-6,9-15H,7-8,16H2. The van der Waals surface area contributed by atoms with Gasteiger partial charge in [0.25, 0.3) is 0 Å². The summed E-state index contributed by atoms with van der Waals surface area (Å²) >= 11 is 0. The zero-order valence-electron chi connectivity index (χ0n) is 13.9. The van der Waals surface area contributed by atoms with Crippen LogP contribution in [0.5, 0.6) is 5.75 Å². The summed E-state index contributed by atoms with van der Waals surface area (Å²) in [6.45, 7) is 0.438. The van der Waals surface area contributed by atoms with Crippen LogP contribution >= 0.6 is 0 Å². The van der Waals surface area contributed by atoms with Crippen molar-refractivity contribution in [3.63, 3.8) is 0 Å². The molecule has 0 radical (unpaired) electrons. The van der Waals surface area contributed by atoms with Crippen molar-refractivity contribution in [3.05, 3.63) is 84.3 Å². The second-order valence-corrected chi connectivity index (χ2v) is 5.89. The summed E-state index contributed by atoms with van der Waals surface area (Å²) in [5.74, 6) is 0.847. The van der Waals surface area contributed by atoms with E-state index in [0.717, 1.165) is 35.7 Å². The normalized spacial score (nSPS) is 13.5. The molecule has 0 unspecified atom stereocenters. The van der Waals surface area contributed by atoms with Gasteiger partial charge in [-0.1, -0.05) is 36.4 Å². The summed E-state index contributed by atoms with van der Waals surface area (Å²) < 4.78 is 7.84. The lowest BCUT2D eigenvalue weighted by molar-refractivity contribution is 0.300. The van der Waals surface area contributed by atoms with Gasteiger partial charge in [0.1, 0.15) is 18.1 Å². The van der Waals surface area contributed by atoms with Crippen molar-refractivity contribution in [2.45, 2.75) is 19.4 Å². The molecule has 1 aliphatic rings. The summed E-state index contributed by atoms with van der Waals surface area (Å²) in [6, 6.07) is 22.1. The van der Waals surface area contributed by atoms with Gasteiger partial charge in [0.2, 0.25) is 0 Å². The molecule has 0 saturated carbocycles. The van der Waals surface area contributed by atoms with Crippen LogP contribution in [-0.4, -0.2) is 16.0 Å². The lowest BCUT2D eigenvalue weighted by atomic mass is 10.1. The average Bonchev–Trinajstić information content (AvgIpc) is 3.13. The quantitative estimate of drug-likeness (QED) is 0.683. The van der Waals surface area contributed by atoms with Gasteiger partial charge in [-0.25, -0.2) is 4.68 Å². The second kappa shape index (κ2) is 7.18. The molecular weight excluding hydrogens is 310 g/mol. The Labute approximate surface area is 147 Å². The van der Waals surface area contributed by atoms with Crippen molar-refractivity contribution in [3.8, 4) is 11.4 Å². The minimum absolute atomic E-state index is 0.438. The predicted octanol–water partition coefficient (Wildman–Crippen LogP) is 4.66. The summed E-state index contributed by atoms with van der Waals surface area (Å²) in [7, 11) is 0. The van der Waals surface area contributed by atoms with Crippen LogP contribution in [0.4, 0.5) is 0 Å². The Hall–Kier alpha value is -3.14. The Bertz CT molecular complexity index is 895. The fourth-order valence-electron chi connectivity index (χ4n) is 2.87. The SMILES string of the molecule is C1=NC=C(c2cc(COc3ccccc3)nn2-c2ccccc2)CC1. The van der Waals surface area contributed by atoms with E-state index in [2.05, 4.69) is 23.2 Å². The van der Waals surface area contributed by atoms with E-state index in [-0.39, 0.29) is 0 Å². The minimum atomic E-state index is 0.438. The van der Waals surface area contributed by atoms with Crippen molar-refractivity contribution in [1.29, 1.82) is 0 Å². The minimum Gasteiger partial charge on any atom is -0.487 e. The molecule has 2 heterocycles. The van der Waals surface area contributed by atoms with Gasteiger partial charge < -0.3 is 4.74 Å². The Morgan fingerprint density at radius 2 is 1.72 bits per heavy atom. The van der Waals surface area contributed by atoms with Gasteiger partial charge in [0.15, 0.2) is 0 Å². The number of ether oxygens (including phenoxy) is 1. The number of nitrogens with zero attached hydrogens (tertiary/aromatic N) is 3. The molecule has 0 spiro atoms. The maximum atomic E-state index is 5.86. The third kappa shape index (κ3) is 3.53. The summed E-state index contributed by atoms with van der Waals surface area (Å²) in [5.41, 5.74) is 4.22. The molecule has 0 amide bonds. The lowest BCUT2D eigenvalue weighted by Crippen LogP contribution is -2.03. The zero-order valence-corrected chi connectivity index (χ0v) is 13.9. The highest BCUT2D eigenvalue weighted by Crippen LogP contribution is 2.26. The smallest absolute Gasteiger partial charge is 0.132 e. The van der Waals surface area contributed by atoms with E-state index >= 15 is 0 Å². The molecule has 3 aromatic rings. The first-order valence-corrected chi connectivity index (χ1v) is 8.43. The van der Waals surface area contributed by atoms with Gasteiger partial charge in [0.05, 0.1) is 11.4 Å². The van der Waals surface area contributed by atoms with Crippen LogP contribution in [0.2, 0.25) is 0 Å². The molecule has 0 aliphatic carbocycles. The van der Waals surface area contributed by atoms with Crippen LogP contribution in [-0.2, 0) is 6.61 Å². The molecule has 124 valence electrons. The first-order valence-electron chi connectivity index (χ1n) is 8.43. The Morgan fingerprint density at radius 3 is 2.44 bits per heavy atom. The zero-order chi connectivity index (χ0) is 16.9. The van der Waals surface area contributed by atoms with Crippen molar-refractivity contribution in [2.75, 3.05) is 0 Å². The molecule has 0 bridgehead atoms. The lowest BCUT2D eigenvalue weighted by Gasteiger charge is -2.11. The Kier molecular flexibility index (Phi) is 4.42. The third-order valence-corrected chi connectivity index (χ3v) is 4.10. The molecule has 4 heteroatoms. The van der Waals surface area contributed by atoms with Crippen molar-refractivity contribution < 1.29 is 4.74 Å². The predicted molar refractivity (Wildman–Crippen MR) is 100 cm³/mol. The van der Waals surface area contributed by atoms with Crippen LogP contribution in [0, 0.1) is 0 Å². The van der Waals surface area contributed by atoms with E-state index in [4.69, 9.17) is 9.84 Å². The van der Waals surface area contributed by atoms with Crippen molar-refractivity contribution in [1.82, 2.24) is 9.78 Å². The van der Waals surface area contributed by atoms with Crippen LogP contribution in [0.1, 0.15) is 24.2 Å². The molecule has 4 rings (SSSR count). The van der Waals surface area contributed by atoms with E-state index < -0.39 is 0 Å². The molecule has 25 heavy (non-hydrogen) atoms. The van der Waals surface area contributed by atoms with Gasteiger partial charge in [0, 0.05) is 12.4 Å². The van der Waals surface area contributed by atoms with Crippen LogP contribution in [0.15, 0.2) is 77.9 Å². The Balaban J connectivity index is 1.66. The van der Waals surface area contributed by atoms with Gasteiger partial charge in [-0.2, -0.15) is 5.10 Å². The van der Waals surface area contributed by atoms with Gasteiger partial charge >= 0.3 is 0 Å². The van der Waals surface area contributed by atoms with E-state index in [9.17, 15) is 0 Å². The van der Waals surface area contributed by atoms with E-state index in [1.54, 1.807) is 0 Å². The number of para-hydroxylation sites is 2. The highest BCUT2D eigenvalue weighted by Gasteiger charge is 2.15. The topological polar surface area (TPSA) is 39.4 Å². The molecule has 1 aliphatic heterocycles. The van der Waals surface area contributed by atoms with Crippen LogP contribution in [0.25, 0.3) is 11.3 Å². The fourth-order valence-corrected chi connectivity index (χ4v) is 2.87. The molecule has 0 atom stereocenters. The number of allylic oxidation sites excluding steroid dienone is 1. The van der Waals surface area contributed by atoms with Crippen LogP contribution in [0.3, 0.4) is 0 Å². The largest absolute Gasteiger partial charge is 0.487 e. The van der Waals surface area contributed by atoms with Gasteiger partial charge in [-0.3, -0.25) is 4.99 Å². The summed E-state index contributed by atoms with van der Waals surface area (Å²) in [6.07, 6.45) is 5.82. The van der Waals surface area contributed by atoms with E-state index in [1.165, 1.54) is 5.57 Å². The number of hydrogen-bond donors (Lipinski definition) is 0. The number of rotatable bonds is 5.